The number of carbonyl (C=O) groups is 3. The summed E-state index contributed by atoms with van der Waals surface area (Å²) in [6.45, 7) is 0.285. The van der Waals surface area contributed by atoms with Gasteiger partial charge in [-0.15, -0.1) is 0 Å². The number of halogens is 1. The fourth-order valence-electron chi connectivity index (χ4n) is 4.93. The van der Waals surface area contributed by atoms with Gasteiger partial charge in [0.05, 0.1) is 18.4 Å². The lowest BCUT2D eigenvalue weighted by Crippen LogP contribution is -2.55. The highest BCUT2D eigenvalue weighted by Gasteiger charge is 2.40. The number of aliphatic hydroxyl groups excluding tert-OH is 1. The first-order chi connectivity index (χ1) is 17.9. The minimum Gasteiger partial charge on any atom is -0.496 e. The molecule has 3 aromatic carbocycles. The van der Waals surface area contributed by atoms with Gasteiger partial charge in [0, 0.05) is 23.2 Å². The van der Waals surface area contributed by atoms with Crippen LogP contribution in [0.2, 0.25) is 5.02 Å². The molecule has 8 nitrogen and oxygen atoms in total. The number of anilines is 1. The predicted molar refractivity (Wildman–Crippen MR) is 139 cm³/mol. The molecule has 190 valence electrons. The first-order valence-corrected chi connectivity index (χ1v) is 12.4. The summed E-state index contributed by atoms with van der Waals surface area (Å²) < 4.78 is 5.47. The number of nitrogens with one attached hydrogen (secondary N) is 2. The molecule has 3 aromatic rings. The number of ether oxygens (including phenoxy) is 1. The van der Waals surface area contributed by atoms with E-state index in [0.29, 0.717) is 34.0 Å². The van der Waals surface area contributed by atoms with E-state index in [1.54, 1.807) is 78.7 Å². The molecule has 3 atom stereocenters. The van der Waals surface area contributed by atoms with Crippen molar-refractivity contribution in [2.45, 2.75) is 31.0 Å². The van der Waals surface area contributed by atoms with Gasteiger partial charge in [-0.3, -0.25) is 14.4 Å². The first kappa shape index (κ1) is 24.8. The normalized spacial score (nSPS) is 19.7. The van der Waals surface area contributed by atoms with Crippen molar-refractivity contribution in [3.63, 3.8) is 0 Å². The predicted octanol–water partition coefficient (Wildman–Crippen LogP) is 3.79. The van der Waals surface area contributed by atoms with Crippen LogP contribution in [0.4, 0.5) is 5.69 Å². The molecule has 2 heterocycles. The Balaban J connectivity index is 1.36. The third-order valence-corrected chi connectivity index (χ3v) is 7.09. The number of aliphatic hydroxyl groups is 1. The van der Waals surface area contributed by atoms with Crippen molar-refractivity contribution in [1.82, 2.24) is 10.2 Å². The third-order valence-electron chi connectivity index (χ3n) is 6.86. The number of amides is 3. The van der Waals surface area contributed by atoms with Crippen molar-refractivity contribution in [3.05, 3.63) is 82.9 Å². The van der Waals surface area contributed by atoms with E-state index in [2.05, 4.69) is 10.6 Å². The number of nitrogens with zero attached hydrogens (tertiary/aromatic N) is 1. The minimum absolute atomic E-state index is 0.244. The van der Waals surface area contributed by atoms with Gasteiger partial charge in [-0.05, 0) is 54.3 Å². The number of fused-ring (bicyclic) bond motifs is 2. The summed E-state index contributed by atoms with van der Waals surface area (Å²) in [5.41, 5.74) is 2.75. The molecule has 1 saturated heterocycles. The van der Waals surface area contributed by atoms with Crippen molar-refractivity contribution < 1.29 is 24.2 Å². The van der Waals surface area contributed by atoms with E-state index in [0.717, 1.165) is 11.1 Å². The van der Waals surface area contributed by atoms with E-state index in [1.807, 2.05) is 0 Å². The smallest absolute Gasteiger partial charge is 0.256 e. The second-order valence-corrected chi connectivity index (χ2v) is 9.59. The van der Waals surface area contributed by atoms with Crippen molar-refractivity contribution in [2.75, 3.05) is 19.0 Å². The van der Waals surface area contributed by atoms with Gasteiger partial charge in [-0.25, -0.2) is 0 Å². The number of methoxy groups -OCH3 is 1. The van der Waals surface area contributed by atoms with Crippen LogP contribution in [0, 0.1) is 0 Å². The summed E-state index contributed by atoms with van der Waals surface area (Å²) in [5, 5.41) is 16.7. The molecule has 2 aliphatic heterocycles. The van der Waals surface area contributed by atoms with Gasteiger partial charge in [-0.2, -0.15) is 0 Å². The fraction of sp³-hybridized carbons (Fsp3) is 0.250. The van der Waals surface area contributed by atoms with E-state index in [4.69, 9.17) is 16.3 Å². The van der Waals surface area contributed by atoms with Gasteiger partial charge >= 0.3 is 0 Å². The number of hydrogen-bond donors (Lipinski definition) is 3. The highest BCUT2D eigenvalue weighted by Crippen LogP contribution is 2.36. The SMILES string of the molecule is COc1ccc(Cl)cc1-c1ccc2c(c1)C(=O)N1CC[C@H](NC(=O)[C@@H](O)c3ccccc3)C[C@H]1C(=O)N2. The van der Waals surface area contributed by atoms with E-state index < -0.39 is 18.1 Å². The first-order valence-electron chi connectivity index (χ1n) is 12.0. The number of piperidine rings is 1. The van der Waals surface area contributed by atoms with Gasteiger partial charge in [0.1, 0.15) is 11.8 Å². The molecule has 2 aliphatic rings. The summed E-state index contributed by atoms with van der Waals surface area (Å²) in [7, 11) is 1.56. The zero-order valence-corrected chi connectivity index (χ0v) is 20.9. The second-order valence-electron chi connectivity index (χ2n) is 9.15. The molecule has 3 N–H and O–H groups in total. The highest BCUT2D eigenvalue weighted by atomic mass is 35.5. The molecule has 0 bridgehead atoms. The molecule has 0 spiro atoms. The van der Waals surface area contributed by atoms with Gasteiger partial charge in [0.25, 0.3) is 11.8 Å². The monoisotopic (exact) mass is 519 g/mol. The molecule has 37 heavy (non-hydrogen) atoms. The lowest BCUT2D eigenvalue weighted by Gasteiger charge is -2.37. The molecule has 0 aromatic heterocycles. The van der Waals surface area contributed by atoms with Gasteiger partial charge in [0.2, 0.25) is 5.91 Å². The van der Waals surface area contributed by atoms with Gasteiger partial charge in [0.15, 0.2) is 6.10 Å². The Morgan fingerprint density at radius 2 is 1.89 bits per heavy atom. The van der Waals surface area contributed by atoms with Crippen LogP contribution in [0.3, 0.4) is 0 Å². The molecule has 0 radical (unpaired) electrons. The average Bonchev–Trinajstić information content (AvgIpc) is 3.02. The van der Waals surface area contributed by atoms with Crippen LogP contribution in [-0.2, 0) is 9.59 Å². The summed E-state index contributed by atoms with van der Waals surface area (Å²) in [5.74, 6) is -0.506. The Bertz CT molecular complexity index is 1360. The fourth-order valence-corrected chi connectivity index (χ4v) is 5.10. The van der Waals surface area contributed by atoms with Crippen molar-refractivity contribution in [2.24, 2.45) is 0 Å². The summed E-state index contributed by atoms with van der Waals surface area (Å²) in [4.78, 5) is 40.9. The number of rotatable bonds is 5. The molecule has 0 unspecified atom stereocenters. The number of benzene rings is 3. The topological polar surface area (TPSA) is 108 Å². The average molecular weight is 520 g/mol. The zero-order valence-electron chi connectivity index (χ0n) is 20.1. The Kier molecular flexibility index (Phi) is 6.86. The Morgan fingerprint density at radius 1 is 1.11 bits per heavy atom. The van der Waals surface area contributed by atoms with E-state index in [1.165, 1.54) is 0 Å². The number of hydrogen-bond acceptors (Lipinski definition) is 5. The molecule has 3 amide bonds. The van der Waals surface area contributed by atoms with E-state index in [9.17, 15) is 19.5 Å². The molecule has 9 heteroatoms. The van der Waals surface area contributed by atoms with Crippen LogP contribution in [-0.4, -0.2) is 53.5 Å². The Labute approximate surface area is 219 Å². The second kappa shape index (κ2) is 10.2. The summed E-state index contributed by atoms with van der Waals surface area (Å²) >= 11 is 6.20. The van der Waals surface area contributed by atoms with Crippen molar-refractivity contribution >= 4 is 35.0 Å². The van der Waals surface area contributed by atoms with Gasteiger partial charge in [-0.1, -0.05) is 48.0 Å². The molecule has 1 fully saturated rings. The lowest BCUT2D eigenvalue weighted by atomic mass is 9.95. The maximum atomic E-state index is 13.6. The van der Waals surface area contributed by atoms with Crippen LogP contribution >= 0.6 is 11.6 Å². The Hall–Kier alpha value is -3.88. The third kappa shape index (κ3) is 4.90. The van der Waals surface area contributed by atoms with Crippen LogP contribution in [0.25, 0.3) is 11.1 Å². The van der Waals surface area contributed by atoms with Crippen molar-refractivity contribution in [3.8, 4) is 16.9 Å². The standard InChI is InChI=1S/C28H26ClN3O5/c1-37-24-10-8-18(29)14-20(24)17-7-9-22-21(13-17)28(36)32-12-11-19(15-23(32)26(34)31-22)30-27(35)25(33)16-5-3-2-4-6-16/h2-10,13-14,19,23,25,33H,11-12,15H2,1H3,(H,30,35)(H,31,34)/t19-,23-,25-/m0/s1. The molecule has 0 saturated carbocycles. The maximum absolute atomic E-state index is 13.6. The summed E-state index contributed by atoms with van der Waals surface area (Å²) in [6, 6.07) is 18.0. The minimum atomic E-state index is -1.31. The van der Waals surface area contributed by atoms with Crippen LogP contribution in [0.5, 0.6) is 5.75 Å². The van der Waals surface area contributed by atoms with Crippen molar-refractivity contribution in [1.29, 1.82) is 0 Å². The van der Waals surface area contributed by atoms with Crippen LogP contribution in [0.1, 0.15) is 34.9 Å². The molecule has 5 rings (SSSR count). The lowest BCUT2D eigenvalue weighted by molar-refractivity contribution is -0.131. The Morgan fingerprint density at radius 3 is 2.65 bits per heavy atom. The quantitative estimate of drug-likeness (QED) is 0.475. The van der Waals surface area contributed by atoms with Crippen LogP contribution in [0.15, 0.2) is 66.7 Å². The largest absolute Gasteiger partial charge is 0.496 e. The van der Waals surface area contributed by atoms with Crippen LogP contribution < -0.4 is 15.4 Å². The molecular formula is C28H26ClN3O5. The van der Waals surface area contributed by atoms with E-state index in [-0.39, 0.29) is 30.8 Å². The zero-order chi connectivity index (χ0) is 26.1. The maximum Gasteiger partial charge on any atom is 0.256 e. The molecular weight excluding hydrogens is 494 g/mol. The van der Waals surface area contributed by atoms with E-state index >= 15 is 0 Å². The highest BCUT2D eigenvalue weighted by molar-refractivity contribution is 6.31. The van der Waals surface area contributed by atoms with Gasteiger partial charge < -0.3 is 25.4 Å². The summed E-state index contributed by atoms with van der Waals surface area (Å²) in [6.07, 6.45) is -0.608. The molecule has 0 aliphatic carbocycles. The number of carbonyl (C=O) groups excluding carboxylic acids is 3.